The number of ether oxygens (including phenoxy) is 1. The Hall–Kier alpha value is -4.29. The number of carbonyl (C=O) groups excluding carboxylic acids is 2. The molecule has 2 aliphatic rings. The zero-order valence-electron chi connectivity index (χ0n) is 22.7. The van der Waals surface area contributed by atoms with E-state index in [2.05, 4.69) is 45.5 Å². The normalized spacial score (nSPS) is 18.0. The van der Waals surface area contributed by atoms with Crippen LogP contribution in [0.5, 0.6) is 0 Å². The third-order valence-corrected chi connectivity index (χ3v) is 8.12. The van der Waals surface area contributed by atoms with Gasteiger partial charge in [-0.25, -0.2) is 4.79 Å². The number of esters is 1. The van der Waals surface area contributed by atoms with Crippen LogP contribution in [0.2, 0.25) is 0 Å². The number of nitrogens with zero attached hydrogens (tertiary/aromatic N) is 2. The van der Waals surface area contributed by atoms with Crippen molar-refractivity contribution in [3.8, 4) is 11.1 Å². The molecular weight excluding hydrogens is 498 g/mol. The van der Waals surface area contributed by atoms with Gasteiger partial charge in [0.15, 0.2) is 0 Å². The van der Waals surface area contributed by atoms with Gasteiger partial charge in [-0.2, -0.15) is 0 Å². The first-order valence-corrected chi connectivity index (χ1v) is 13.9. The van der Waals surface area contributed by atoms with Crippen molar-refractivity contribution in [1.82, 2.24) is 15.2 Å². The van der Waals surface area contributed by atoms with Gasteiger partial charge in [-0.05, 0) is 75.9 Å². The number of amides is 1. The van der Waals surface area contributed by atoms with E-state index in [4.69, 9.17) is 4.74 Å². The van der Waals surface area contributed by atoms with Crippen LogP contribution in [0, 0.1) is 5.92 Å². The third kappa shape index (κ3) is 5.54. The lowest BCUT2D eigenvalue weighted by atomic mass is 9.87. The molecule has 0 saturated heterocycles. The van der Waals surface area contributed by atoms with Gasteiger partial charge in [0.2, 0.25) is 5.91 Å². The number of hydrogen-bond donors (Lipinski definition) is 1. The standard InChI is InChI=1S/C34H33N3O3/c1-40-34(39)26-11-5-10-25(17-26)28-13-12-27(20-36-33(38)31-18-30(31)24-8-3-2-4-9-24)32-22-37(16-14-29(28)32)21-23-7-6-15-35-19-23/h2-13,15,17,19,30-31H,14,16,18,20-22H2,1H3,(H,36,38)/t30-,31+/m1/s1. The summed E-state index contributed by atoms with van der Waals surface area (Å²) >= 11 is 0. The Kier molecular flexibility index (Phi) is 7.43. The van der Waals surface area contributed by atoms with Crippen LogP contribution in [0.15, 0.2) is 91.3 Å². The number of fused-ring (bicyclic) bond motifs is 1. The Labute approximate surface area is 235 Å². The molecule has 3 aromatic carbocycles. The minimum Gasteiger partial charge on any atom is -0.465 e. The summed E-state index contributed by atoms with van der Waals surface area (Å²) < 4.78 is 4.95. The van der Waals surface area contributed by atoms with Crippen LogP contribution >= 0.6 is 0 Å². The third-order valence-electron chi connectivity index (χ3n) is 8.12. The number of pyridine rings is 1. The van der Waals surface area contributed by atoms with Gasteiger partial charge in [0.05, 0.1) is 12.7 Å². The fraction of sp³-hybridized carbons (Fsp3) is 0.265. The average Bonchev–Trinajstić information content (AvgIpc) is 3.82. The van der Waals surface area contributed by atoms with Crippen LogP contribution < -0.4 is 5.32 Å². The lowest BCUT2D eigenvalue weighted by molar-refractivity contribution is -0.122. The summed E-state index contributed by atoms with van der Waals surface area (Å²) in [5.74, 6) is 0.141. The highest BCUT2D eigenvalue weighted by Gasteiger charge is 2.43. The molecule has 6 heteroatoms. The minimum atomic E-state index is -0.341. The average molecular weight is 532 g/mol. The van der Waals surface area contributed by atoms with Crippen LogP contribution in [0.25, 0.3) is 11.1 Å². The fourth-order valence-electron chi connectivity index (χ4n) is 5.92. The topological polar surface area (TPSA) is 71.5 Å². The van der Waals surface area contributed by atoms with E-state index in [0.29, 0.717) is 18.0 Å². The van der Waals surface area contributed by atoms with Gasteiger partial charge in [0, 0.05) is 44.5 Å². The molecule has 0 unspecified atom stereocenters. The molecule has 1 aliphatic heterocycles. The Morgan fingerprint density at radius 2 is 1.88 bits per heavy atom. The van der Waals surface area contributed by atoms with Crippen molar-refractivity contribution >= 4 is 11.9 Å². The Balaban J connectivity index is 1.25. The summed E-state index contributed by atoms with van der Waals surface area (Å²) in [5.41, 5.74) is 8.77. The van der Waals surface area contributed by atoms with Crippen molar-refractivity contribution in [1.29, 1.82) is 0 Å². The van der Waals surface area contributed by atoms with Crippen molar-refractivity contribution in [2.45, 2.75) is 38.4 Å². The summed E-state index contributed by atoms with van der Waals surface area (Å²) in [6.07, 6.45) is 5.51. The molecule has 0 spiro atoms. The molecule has 202 valence electrons. The molecule has 2 atom stereocenters. The minimum absolute atomic E-state index is 0.0423. The summed E-state index contributed by atoms with van der Waals surface area (Å²) in [5, 5.41) is 3.24. The summed E-state index contributed by atoms with van der Waals surface area (Å²) in [7, 11) is 1.40. The van der Waals surface area contributed by atoms with E-state index in [1.54, 1.807) is 12.3 Å². The number of hydrogen-bond acceptors (Lipinski definition) is 5. The van der Waals surface area contributed by atoms with Crippen molar-refractivity contribution in [2.75, 3.05) is 13.7 Å². The predicted octanol–water partition coefficient (Wildman–Crippen LogP) is 5.51. The molecule has 1 saturated carbocycles. The summed E-state index contributed by atoms with van der Waals surface area (Å²) in [4.78, 5) is 32.0. The van der Waals surface area contributed by atoms with E-state index in [0.717, 1.165) is 49.2 Å². The fourth-order valence-corrected chi connectivity index (χ4v) is 5.92. The van der Waals surface area contributed by atoms with Crippen LogP contribution in [0.3, 0.4) is 0 Å². The first-order chi connectivity index (χ1) is 19.6. The van der Waals surface area contributed by atoms with E-state index in [-0.39, 0.29) is 17.8 Å². The molecule has 40 heavy (non-hydrogen) atoms. The Morgan fingerprint density at radius 3 is 2.67 bits per heavy atom. The van der Waals surface area contributed by atoms with Crippen LogP contribution in [-0.4, -0.2) is 35.4 Å². The molecule has 0 radical (unpaired) electrons. The van der Waals surface area contributed by atoms with Gasteiger partial charge in [-0.15, -0.1) is 0 Å². The number of rotatable bonds is 8. The molecule has 6 nitrogen and oxygen atoms in total. The summed E-state index contributed by atoms with van der Waals surface area (Å²) in [6, 6.07) is 26.3. The van der Waals surface area contributed by atoms with Gasteiger partial charge >= 0.3 is 5.97 Å². The monoisotopic (exact) mass is 531 g/mol. The molecule has 1 aliphatic carbocycles. The number of methoxy groups -OCH3 is 1. The molecular formula is C34H33N3O3. The highest BCUT2D eigenvalue weighted by molar-refractivity contribution is 5.91. The highest BCUT2D eigenvalue weighted by Crippen LogP contribution is 2.47. The SMILES string of the molecule is COC(=O)c1cccc(-c2ccc(CNC(=O)[C@H]3C[C@@H]3c3ccccc3)c3c2CCN(Cc2cccnc2)C3)c1. The van der Waals surface area contributed by atoms with Gasteiger partial charge in [0.25, 0.3) is 0 Å². The second-order valence-corrected chi connectivity index (χ2v) is 10.7. The number of nitrogens with one attached hydrogen (secondary N) is 1. The summed E-state index contributed by atoms with van der Waals surface area (Å²) in [6.45, 7) is 3.03. The van der Waals surface area contributed by atoms with E-state index in [9.17, 15) is 9.59 Å². The van der Waals surface area contributed by atoms with Gasteiger partial charge in [-0.3, -0.25) is 14.7 Å². The predicted molar refractivity (Wildman–Crippen MR) is 154 cm³/mol. The second kappa shape index (κ2) is 11.4. The molecule has 6 rings (SSSR count). The molecule has 1 amide bonds. The van der Waals surface area contributed by atoms with E-state index >= 15 is 0 Å². The molecule has 1 N–H and O–H groups in total. The maximum absolute atomic E-state index is 13.1. The van der Waals surface area contributed by atoms with E-state index in [1.807, 2.05) is 48.7 Å². The lowest BCUT2D eigenvalue weighted by Gasteiger charge is -2.32. The molecule has 2 heterocycles. The number of benzene rings is 3. The zero-order valence-corrected chi connectivity index (χ0v) is 22.7. The molecule has 0 bridgehead atoms. The lowest BCUT2D eigenvalue weighted by Crippen LogP contribution is -2.32. The van der Waals surface area contributed by atoms with Gasteiger partial charge < -0.3 is 10.1 Å². The van der Waals surface area contributed by atoms with Crippen molar-refractivity contribution in [3.05, 3.63) is 125 Å². The van der Waals surface area contributed by atoms with E-state index < -0.39 is 0 Å². The molecule has 1 fully saturated rings. The van der Waals surface area contributed by atoms with Crippen LogP contribution in [-0.2, 0) is 35.6 Å². The quantitative estimate of drug-likeness (QED) is 0.304. The zero-order chi connectivity index (χ0) is 27.5. The molecule has 1 aromatic heterocycles. The number of aromatic nitrogens is 1. The van der Waals surface area contributed by atoms with Crippen molar-refractivity contribution < 1.29 is 14.3 Å². The maximum Gasteiger partial charge on any atom is 0.337 e. The Morgan fingerprint density at radius 1 is 1.00 bits per heavy atom. The maximum atomic E-state index is 13.1. The van der Waals surface area contributed by atoms with Crippen LogP contribution in [0.4, 0.5) is 0 Å². The largest absolute Gasteiger partial charge is 0.465 e. The van der Waals surface area contributed by atoms with Crippen LogP contribution in [0.1, 0.15) is 50.5 Å². The first kappa shape index (κ1) is 26.0. The van der Waals surface area contributed by atoms with Gasteiger partial charge in [-0.1, -0.05) is 60.7 Å². The van der Waals surface area contributed by atoms with Crippen molar-refractivity contribution in [3.63, 3.8) is 0 Å². The smallest absolute Gasteiger partial charge is 0.337 e. The van der Waals surface area contributed by atoms with E-state index in [1.165, 1.54) is 29.4 Å². The van der Waals surface area contributed by atoms with Gasteiger partial charge in [0.1, 0.15) is 0 Å². The molecule has 4 aromatic rings. The first-order valence-electron chi connectivity index (χ1n) is 13.9. The second-order valence-electron chi connectivity index (χ2n) is 10.7. The Bertz CT molecular complexity index is 1520. The highest BCUT2D eigenvalue weighted by atomic mass is 16.5. The number of carbonyl (C=O) groups is 2. The van der Waals surface area contributed by atoms with Crippen molar-refractivity contribution in [2.24, 2.45) is 5.92 Å².